The van der Waals surface area contributed by atoms with Gasteiger partial charge in [-0.15, -0.1) is 10.2 Å². The van der Waals surface area contributed by atoms with Crippen molar-refractivity contribution in [3.8, 4) is 11.4 Å². The Hall–Kier alpha value is -2.96. The number of rotatable bonds is 7. The van der Waals surface area contributed by atoms with Crippen molar-refractivity contribution >= 4 is 29.1 Å². The van der Waals surface area contributed by atoms with Gasteiger partial charge >= 0.3 is 0 Å². The topological polar surface area (TPSA) is 60.7 Å². The van der Waals surface area contributed by atoms with E-state index in [0.29, 0.717) is 22.3 Å². The van der Waals surface area contributed by atoms with E-state index in [1.54, 1.807) is 36.7 Å². The van der Waals surface area contributed by atoms with Crippen molar-refractivity contribution in [1.82, 2.24) is 19.7 Å². The number of nitrogens with zero attached hydrogens (tertiary/aromatic N) is 4. The average molecular weight is 435 g/mol. The van der Waals surface area contributed by atoms with Crippen molar-refractivity contribution in [3.05, 3.63) is 95.3 Å². The number of aromatic nitrogens is 4. The van der Waals surface area contributed by atoms with E-state index in [1.807, 2.05) is 41.8 Å². The van der Waals surface area contributed by atoms with Crippen molar-refractivity contribution < 1.29 is 4.79 Å². The van der Waals surface area contributed by atoms with Crippen LogP contribution in [0.15, 0.2) is 84.3 Å². The molecule has 0 saturated heterocycles. The van der Waals surface area contributed by atoms with Crippen LogP contribution in [0, 0.1) is 0 Å². The first kappa shape index (κ1) is 20.3. The molecule has 2 aromatic heterocycles. The summed E-state index contributed by atoms with van der Waals surface area (Å²) >= 11 is 7.34. The van der Waals surface area contributed by atoms with Crippen LogP contribution in [-0.2, 0) is 6.54 Å². The van der Waals surface area contributed by atoms with Crippen LogP contribution in [0.25, 0.3) is 11.4 Å². The fourth-order valence-electron chi connectivity index (χ4n) is 3.05. The maximum absolute atomic E-state index is 12.9. The molecule has 2 aromatic carbocycles. The Bertz CT molecular complexity index is 1130. The molecular formula is C23H19ClN4OS. The summed E-state index contributed by atoms with van der Waals surface area (Å²) in [5.41, 5.74) is 2.63. The quantitative estimate of drug-likeness (QED) is 0.287. The number of hydrogen-bond donors (Lipinski definition) is 0. The van der Waals surface area contributed by atoms with Crippen LogP contribution in [0.1, 0.15) is 22.8 Å². The van der Waals surface area contributed by atoms with Crippen LogP contribution in [-0.4, -0.2) is 30.8 Å². The molecular weight excluding hydrogens is 416 g/mol. The van der Waals surface area contributed by atoms with Crippen molar-refractivity contribution in [2.75, 3.05) is 0 Å². The Kier molecular flexibility index (Phi) is 6.26. The highest BCUT2D eigenvalue weighted by atomic mass is 35.5. The van der Waals surface area contributed by atoms with Gasteiger partial charge in [0.15, 0.2) is 16.8 Å². The molecule has 0 N–H and O–H groups in total. The minimum atomic E-state index is -0.327. The smallest absolute Gasteiger partial charge is 0.192 e. The summed E-state index contributed by atoms with van der Waals surface area (Å²) in [7, 11) is 0. The first-order chi connectivity index (χ1) is 14.6. The number of carbonyl (C=O) groups is 1. The van der Waals surface area contributed by atoms with Crippen LogP contribution in [0.4, 0.5) is 0 Å². The van der Waals surface area contributed by atoms with E-state index < -0.39 is 0 Å². The van der Waals surface area contributed by atoms with Crippen LogP contribution in [0.5, 0.6) is 0 Å². The molecule has 4 aromatic rings. The zero-order valence-corrected chi connectivity index (χ0v) is 17.8. The fraction of sp³-hybridized carbons (Fsp3) is 0.130. The second kappa shape index (κ2) is 9.24. The molecule has 0 saturated carbocycles. The van der Waals surface area contributed by atoms with Crippen molar-refractivity contribution in [2.45, 2.75) is 23.9 Å². The predicted octanol–water partition coefficient (Wildman–Crippen LogP) is 5.41. The third kappa shape index (κ3) is 4.61. The number of halogens is 1. The van der Waals surface area contributed by atoms with E-state index in [1.165, 1.54) is 11.8 Å². The lowest BCUT2D eigenvalue weighted by molar-refractivity contribution is 0.0994. The van der Waals surface area contributed by atoms with Crippen LogP contribution in [0.3, 0.4) is 0 Å². The second-order valence-corrected chi connectivity index (χ2v) is 8.50. The van der Waals surface area contributed by atoms with Gasteiger partial charge in [-0.3, -0.25) is 14.3 Å². The van der Waals surface area contributed by atoms with Gasteiger partial charge in [0.25, 0.3) is 0 Å². The number of ketones is 1. The van der Waals surface area contributed by atoms with Gasteiger partial charge < -0.3 is 0 Å². The first-order valence-corrected chi connectivity index (χ1v) is 10.7. The number of carbonyl (C=O) groups excluding carboxylic acids is 1. The van der Waals surface area contributed by atoms with E-state index in [0.717, 1.165) is 17.0 Å². The number of hydrogen-bond acceptors (Lipinski definition) is 5. The third-order valence-corrected chi connectivity index (χ3v) is 5.93. The van der Waals surface area contributed by atoms with Gasteiger partial charge in [-0.05, 0) is 48.9 Å². The van der Waals surface area contributed by atoms with Gasteiger partial charge in [0.1, 0.15) is 0 Å². The highest BCUT2D eigenvalue weighted by Gasteiger charge is 2.22. The maximum atomic E-state index is 12.9. The van der Waals surface area contributed by atoms with E-state index in [2.05, 4.69) is 27.3 Å². The van der Waals surface area contributed by atoms with Gasteiger partial charge in [-0.1, -0.05) is 53.7 Å². The summed E-state index contributed by atoms with van der Waals surface area (Å²) in [6, 6.07) is 20.9. The molecule has 30 heavy (non-hydrogen) atoms. The third-order valence-electron chi connectivity index (χ3n) is 4.60. The molecule has 150 valence electrons. The van der Waals surface area contributed by atoms with E-state index in [9.17, 15) is 4.79 Å². The summed E-state index contributed by atoms with van der Waals surface area (Å²) < 4.78 is 2.03. The molecule has 1 atom stereocenters. The molecule has 0 aliphatic carbocycles. The minimum Gasteiger partial charge on any atom is -0.297 e. The molecule has 0 amide bonds. The number of benzene rings is 2. The summed E-state index contributed by atoms with van der Waals surface area (Å²) in [5.74, 6) is 0.745. The summed E-state index contributed by atoms with van der Waals surface area (Å²) in [5, 5.41) is 9.76. The Labute approximate surface area is 184 Å². The van der Waals surface area contributed by atoms with Crippen LogP contribution < -0.4 is 0 Å². The van der Waals surface area contributed by atoms with E-state index in [-0.39, 0.29) is 11.0 Å². The lowest BCUT2D eigenvalue weighted by Gasteiger charge is -2.13. The highest BCUT2D eigenvalue weighted by molar-refractivity contribution is 8.00. The summed E-state index contributed by atoms with van der Waals surface area (Å²) in [6.45, 7) is 2.48. The zero-order valence-electron chi connectivity index (χ0n) is 16.3. The number of Topliss-reactive ketones (excluding diaryl/α,β-unsaturated/α-hetero) is 1. The Balaban J connectivity index is 1.64. The predicted molar refractivity (Wildman–Crippen MR) is 120 cm³/mol. The molecule has 0 radical (unpaired) electrons. The van der Waals surface area contributed by atoms with Gasteiger partial charge in [0, 0.05) is 28.5 Å². The van der Waals surface area contributed by atoms with Crippen LogP contribution in [0.2, 0.25) is 5.02 Å². The Morgan fingerprint density at radius 3 is 2.50 bits per heavy atom. The van der Waals surface area contributed by atoms with Gasteiger partial charge in [0.2, 0.25) is 0 Å². The lowest BCUT2D eigenvalue weighted by Crippen LogP contribution is -2.15. The number of pyridine rings is 1. The maximum Gasteiger partial charge on any atom is 0.192 e. The van der Waals surface area contributed by atoms with Gasteiger partial charge in [0.05, 0.1) is 11.8 Å². The SMILES string of the molecule is CC(Sc1nnc(-c2cccnc2)n1Cc1ccccc1)C(=O)c1ccc(Cl)cc1. The minimum absolute atomic E-state index is 0.0221. The van der Waals surface area contributed by atoms with Crippen molar-refractivity contribution in [1.29, 1.82) is 0 Å². The standard InChI is InChI=1S/C23H19ClN4OS/c1-16(21(29)18-9-11-20(24)12-10-18)30-23-27-26-22(19-8-5-13-25-14-19)28(23)15-17-6-3-2-4-7-17/h2-14,16H,15H2,1H3. The molecule has 2 heterocycles. The molecule has 0 aliphatic heterocycles. The van der Waals surface area contributed by atoms with Crippen LogP contribution >= 0.6 is 23.4 Å². The normalized spacial score (nSPS) is 11.9. The van der Waals surface area contributed by atoms with Crippen molar-refractivity contribution in [3.63, 3.8) is 0 Å². The average Bonchev–Trinajstić information content (AvgIpc) is 3.17. The highest BCUT2D eigenvalue weighted by Crippen LogP contribution is 2.29. The summed E-state index contributed by atoms with van der Waals surface area (Å²) in [4.78, 5) is 17.1. The Morgan fingerprint density at radius 2 is 1.80 bits per heavy atom. The monoisotopic (exact) mass is 434 g/mol. The molecule has 0 spiro atoms. The Morgan fingerprint density at radius 1 is 1.03 bits per heavy atom. The van der Waals surface area contributed by atoms with Crippen molar-refractivity contribution in [2.24, 2.45) is 0 Å². The number of thioether (sulfide) groups is 1. The molecule has 4 rings (SSSR count). The first-order valence-electron chi connectivity index (χ1n) is 9.46. The molecule has 0 fully saturated rings. The molecule has 0 bridgehead atoms. The largest absolute Gasteiger partial charge is 0.297 e. The summed E-state index contributed by atoms with van der Waals surface area (Å²) in [6.07, 6.45) is 3.49. The lowest BCUT2D eigenvalue weighted by atomic mass is 10.1. The fourth-order valence-corrected chi connectivity index (χ4v) is 4.11. The second-order valence-electron chi connectivity index (χ2n) is 6.75. The molecule has 1 unspecified atom stereocenters. The van der Waals surface area contributed by atoms with E-state index in [4.69, 9.17) is 11.6 Å². The van der Waals surface area contributed by atoms with Gasteiger partial charge in [-0.25, -0.2) is 0 Å². The molecule has 7 heteroatoms. The van der Waals surface area contributed by atoms with Gasteiger partial charge in [-0.2, -0.15) is 0 Å². The zero-order chi connectivity index (χ0) is 20.9. The molecule has 0 aliphatic rings. The van der Waals surface area contributed by atoms with E-state index >= 15 is 0 Å². The molecule has 5 nitrogen and oxygen atoms in total.